The maximum absolute atomic E-state index is 12.0. The second kappa shape index (κ2) is 8.09. The van der Waals surface area contributed by atoms with Crippen LogP contribution in [0.5, 0.6) is 5.88 Å². The molecule has 1 aromatic heterocycles. The van der Waals surface area contributed by atoms with Crippen molar-refractivity contribution in [3.63, 3.8) is 0 Å². The van der Waals surface area contributed by atoms with Crippen LogP contribution in [0.25, 0.3) is 10.9 Å². The molecule has 2 aromatic carbocycles. The van der Waals surface area contributed by atoms with E-state index in [-0.39, 0.29) is 5.88 Å². The minimum atomic E-state index is -0.415. The Kier molecular flexibility index (Phi) is 5.75. The molecule has 0 saturated carbocycles. The minimum Gasteiger partial charge on any atom is -0.494 e. The normalized spacial score (nSPS) is 12.4. The lowest BCUT2D eigenvalue weighted by molar-refractivity contribution is 0.0526. The number of ether oxygens (including phenoxy) is 1. The number of nitrogens with zero attached hydrogens (tertiary/aromatic N) is 1. The van der Waals surface area contributed by atoms with Gasteiger partial charge in [-0.15, -0.1) is 0 Å². The SMILES string of the molecule is CCOC(=O)c1ccc2c(C(CC)=Nc3ccc(C(C)(C)N)cc3)c(O)[nH]c2c1. The molecule has 0 aliphatic rings. The molecule has 6 heteroatoms. The zero-order valence-corrected chi connectivity index (χ0v) is 17.2. The highest BCUT2D eigenvalue weighted by Crippen LogP contribution is 2.31. The van der Waals surface area contributed by atoms with Gasteiger partial charge in [0.1, 0.15) is 0 Å². The van der Waals surface area contributed by atoms with E-state index in [1.54, 1.807) is 25.1 Å². The molecular formula is C23H27N3O3. The molecule has 29 heavy (non-hydrogen) atoms. The molecule has 0 spiro atoms. The highest BCUT2D eigenvalue weighted by Gasteiger charge is 2.18. The number of nitrogens with two attached hydrogens (primary N) is 1. The Bertz CT molecular complexity index is 1060. The summed E-state index contributed by atoms with van der Waals surface area (Å²) in [6.45, 7) is 7.97. The summed E-state index contributed by atoms with van der Waals surface area (Å²) < 4.78 is 5.05. The number of benzene rings is 2. The van der Waals surface area contributed by atoms with E-state index >= 15 is 0 Å². The molecule has 1 heterocycles. The first-order valence-electron chi connectivity index (χ1n) is 9.73. The van der Waals surface area contributed by atoms with Gasteiger partial charge in [-0.3, -0.25) is 4.99 Å². The van der Waals surface area contributed by atoms with Gasteiger partial charge in [-0.25, -0.2) is 4.79 Å². The van der Waals surface area contributed by atoms with E-state index in [0.29, 0.717) is 29.7 Å². The fourth-order valence-corrected chi connectivity index (χ4v) is 3.25. The van der Waals surface area contributed by atoms with Crippen molar-refractivity contribution in [1.29, 1.82) is 0 Å². The summed E-state index contributed by atoms with van der Waals surface area (Å²) in [6, 6.07) is 13.0. The lowest BCUT2D eigenvalue weighted by Gasteiger charge is -2.18. The third-order valence-electron chi connectivity index (χ3n) is 4.79. The zero-order chi connectivity index (χ0) is 21.2. The third-order valence-corrected chi connectivity index (χ3v) is 4.79. The van der Waals surface area contributed by atoms with Gasteiger partial charge in [-0.05, 0) is 57.0 Å². The Labute approximate surface area is 170 Å². The van der Waals surface area contributed by atoms with Crippen LogP contribution in [-0.2, 0) is 10.3 Å². The standard InChI is InChI=1S/C23H27N3O3/c1-5-18(25-16-10-8-15(9-11-16)23(3,4)24)20-17-12-7-14(22(28)29-6-2)13-19(17)26-21(20)27/h7-13,26-27H,5-6,24H2,1-4H3. The van der Waals surface area contributed by atoms with Crippen LogP contribution in [0.4, 0.5) is 5.69 Å². The van der Waals surface area contributed by atoms with Gasteiger partial charge in [-0.2, -0.15) is 0 Å². The van der Waals surface area contributed by atoms with E-state index in [0.717, 1.165) is 22.3 Å². The van der Waals surface area contributed by atoms with E-state index < -0.39 is 11.5 Å². The molecule has 4 N–H and O–H groups in total. The third kappa shape index (κ3) is 4.32. The zero-order valence-electron chi connectivity index (χ0n) is 17.2. The number of esters is 1. The van der Waals surface area contributed by atoms with E-state index in [9.17, 15) is 9.90 Å². The monoisotopic (exact) mass is 393 g/mol. The number of hydrogen-bond donors (Lipinski definition) is 3. The second-order valence-corrected chi connectivity index (χ2v) is 7.51. The van der Waals surface area contributed by atoms with E-state index in [4.69, 9.17) is 15.5 Å². The van der Waals surface area contributed by atoms with Crippen LogP contribution in [0.2, 0.25) is 0 Å². The van der Waals surface area contributed by atoms with Crippen molar-refractivity contribution in [2.24, 2.45) is 10.7 Å². The van der Waals surface area contributed by atoms with Gasteiger partial charge in [-0.1, -0.05) is 25.1 Å². The fraction of sp³-hybridized carbons (Fsp3) is 0.304. The van der Waals surface area contributed by atoms with Gasteiger partial charge in [0, 0.05) is 16.4 Å². The summed E-state index contributed by atoms with van der Waals surface area (Å²) in [5.74, 6) is -0.362. The molecule has 6 nitrogen and oxygen atoms in total. The maximum Gasteiger partial charge on any atom is 0.338 e. The van der Waals surface area contributed by atoms with Crippen molar-refractivity contribution in [3.8, 4) is 5.88 Å². The summed E-state index contributed by atoms with van der Waals surface area (Å²) >= 11 is 0. The summed E-state index contributed by atoms with van der Waals surface area (Å²) in [5, 5.41) is 11.3. The highest BCUT2D eigenvalue weighted by molar-refractivity contribution is 6.14. The first kappa shape index (κ1) is 20.6. The summed E-state index contributed by atoms with van der Waals surface area (Å²) in [6.07, 6.45) is 0.629. The second-order valence-electron chi connectivity index (χ2n) is 7.51. The number of hydrogen-bond acceptors (Lipinski definition) is 5. The van der Waals surface area contributed by atoms with Crippen molar-refractivity contribution in [2.75, 3.05) is 6.61 Å². The van der Waals surface area contributed by atoms with Crippen molar-refractivity contribution in [3.05, 3.63) is 59.2 Å². The first-order chi connectivity index (χ1) is 13.7. The molecule has 0 aliphatic carbocycles. The average Bonchev–Trinajstić information content (AvgIpc) is 3.01. The Morgan fingerprint density at radius 2 is 1.86 bits per heavy atom. The van der Waals surface area contributed by atoms with Gasteiger partial charge in [0.05, 0.1) is 29.1 Å². The lowest BCUT2D eigenvalue weighted by atomic mass is 9.95. The number of rotatable bonds is 6. The predicted molar refractivity (Wildman–Crippen MR) is 116 cm³/mol. The number of nitrogens with one attached hydrogen (secondary N) is 1. The van der Waals surface area contributed by atoms with E-state index in [1.807, 2.05) is 45.0 Å². The van der Waals surface area contributed by atoms with Gasteiger partial charge >= 0.3 is 5.97 Å². The number of aliphatic imine (C=N–C) groups is 1. The van der Waals surface area contributed by atoms with Crippen LogP contribution in [-0.4, -0.2) is 28.4 Å². The quantitative estimate of drug-likeness (QED) is 0.414. The lowest BCUT2D eigenvalue weighted by Crippen LogP contribution is -2.28. The number of aromatic nitrogens is 1. The van der Waals surface area contributed by atoms with Gasteiger partial charge in [0.25, 0.3) is 0 Å². The van der Waals surface area contributed by atoms with Gasteiger partial charge < -0.3 is 20.6 Å². The van der Waals surface area contributed by atoms with Crippen LogP contribution in [0, 0.1) is 0 Å². The van der Waals surface area contributed by atoms with Gasteiger partial charge in [0.2, 0.25) is 0 Å². The molecule has 0 atom stereocenters. The molecule has 0 saturated heterocycles. The molecule has 152 valence electrons. The smallest absolute Gasteiger partial charge is 0.338 e. The number of aromatic hydroxyl groups is 1. The number of aromatic amines is 1. The number of fused-ring (bicyclic) bond motifs is 1. The summed E-state index contributed by atoms with van der Waals surface area (Å²) in [5.41, 5.74) is 10.0. The summed E-state index contributed by atoms with van der Waals surface area (Å²) in [4.78, 5) is 19.7. The maximum atomic E-state index is 12.0. The number of carbonyl (C=O) groups excluding carboxylic acids is 1. The Balaban J connectivity index is 2.02. The average molecular weight is 393 g/mol. The molecule has 0 amide bonds. The largest absolute Gasteiger partial charge is 0.494 e. The Morgan fingerprint density at radius 3 is 2.45 bits per heavy atom. The summed E-state index contributed by atoms with van der Waals surface area (Å²) in [7, 11) is 0. The van der Waals surface area contributed by atoms with E-state index in [2.05, 4.69) is 4.98 Å². The van der Waals surface area contributed by atoms with E-state index in [1.165, 1.54) is 0 Å². The molecule has 0 bridgehead atoms. The van der Waals surface area contributed by atoms with Crippen molar-refractivity contribution < 1.29 is 14.6 Å². The minimum absolute atomic E-state index is 0.0290. The number of H-pyrrole nitrogens is 1. The molecule has 0 aliphatic heterocycles. The van der Waals surface area contributed by atoms with Crippen LogP contribution in [0.3, 0.4) is 0 Å². The Hall–Kier alpha value is -3.12. The Morgan fingerprint density at radius 1 is 1.17 bits per heavy atom. The van der Waals surface area contributed by atoms with Crippen molar-refractivity contribution in [2.45, 2.75) is 39.7 Å². The molecule has 3 aromatic rings. The van der Waals surface area contributed by atoms with Crippen LogP contribution in [0.1, 0.15) is 55.6 Å². The van der Waals surface area contributed by atoms with Crippen LogP contribution in [0.15, 0.2) is 47.5 Å². The number of carbonyl (C=O) groups is 1. The predicted octanol–water partition coefficient (Wildman–Crippen LogP) is 4.77. The van der Waals surface area contributed by atoms with Crippen molar-refractivity contribution in [1.82, 2.24) is 4.98 Å². The van der Waals surface area contributed by atoms with Crippen molar-refractivity contribution >= 4 is 28.3 Å². The van der Waals surface area contributed by atoms with Crippen LogP contribution >= 0.6 is 0 Å². The topological polar surface area (TPSA) is 101 Å². The molecule has 0 radical (unpaired) electrons. The molecule has 0 unspecified atom stereocenters. The fourth-order valence-electron chi connectivity index (χ4n) is 3.25. The van der Waals surface area contributed by atoms with Crippen LogP contribution < -0.4 is 5.73 Å². The molecular weight excluding hydrogens is 366 g/mol. The highest BCUT2D eigenvalue weighted by atomic mass is 16.5. The molecule has 3 rings (SSSR count). The first-order valence-corrected chi connectivity index (χ1v) is 9.73. The van der Waals surface area contributed by atoms with Gasteiger partial charge in [0.15, 0.2) is 5.88 Å². The molecule has 0 fully saturated rings.